The SMILES string of the molecule is CCC(C)(c1c[nH]c2c1C=CCC2)C(F)(F)F. The van der Waals surface area contributed by atoms with Crippen LogP contribution in [0.1, 0.15) is 43.5 Å². The van der Waals surface area contributed by atoms with E-state index in [0.717, 1.165) is 24.1 Å². The van der Waals surface area contributed by atoms with E-state index in [0.29, 0.717) is 5.56 Å². The van der Waals surface area contributed by atoms with E-state index in [-0.39, 0.29) is 6.42 Å². The Labute approximate surface area is 98.7 Å². The van der Waals surface area contributed by atoms with Gasteiger partial charge in [0.25, 0.3) is 0 Å². The fourth-order valence-electron chi connectivity index (χ4n) is 2.30. The Balaban J connectivity index is 2.54. The molecule has 1 nitrogen and oxygen atoms in total. The summed E-state index contributed by atoms with van der Waals surface area (Å²) in [4.78, 5) is 2.99. The summed E-state index contributed by atoms with van der Waals surface area (Å²) in [5.41, 5.74) is 0.265. The maximum absolute atomic E-state index is 13.2. The van der Waals surface area contributed by atoms with Crippen LogP contribution in [-0.4, -0.2) is 11.2 Å². The van der Waals surface area contributed by atoms with E-state index in [2.05, 4.69) is 4.98 Å². The number of fused-ring (bicyclic) bond motifs is 1. The molecule has 0 saturated heterocycles. The molecular weight excluding hydrogens is 227 g/mol. The number of halogens is 3. The molecule has 0 aliphatic heterocycles. The molecule has 0 bridgehead atoms. The molecule has 1 aliphatic carbocycles. The average molecular weight is 243 g/mol. The van der Waals surface area contributed by atoms with Gasteiger partial charge >= 0.3 is 6.18 Å². The van der Waals surface area contributed by atoms with Crippen molar-refractivity contribution in [3.63, 3.8) is 0 Å². The Morgan fingerprint density at radius 1 is 1.35 bits per heavy atom. The molecule has 1 atom stereocenters. The molecule has 0 fully saturated rings. The largest absolute Gasteiger partial charge is 0.398 e. The van der Waals surface area contributed by atoms with Crippen molar-refractivity contribution in [2.24, 2.45) is 0 Å². The lowest BCUT2D eigenvalue weighted by molar-refractivity contribution is -0.186. The number of aromatic amines is 1. The molecule has 4 heteroatoms. The molecule has 17 heavy (non-hydrogen) atoms. The van der Waals surface area contributed by atoms with E-state index in [1.165, 1.54) is 13.1 Å². The van der Waals surface area contributed by atoms with E-state index in [1.54, 1.807) is 6.92 Å². The Kier molecular flexibility index (Phi) is 2.84. The van der Waals surface area contributed by atoms with Gasteiger partial charge in [0, 0.05) is 11.9 Å². The van der Waals surface area contributed by atoms with Gasteiger partial charge in [0.15, 0.2) is 0 Å². The Morgan fingerprint density at radius 3 is 2.65 bits per heavy atom. The molecule has 1 N–H and O–H groups in total. The zero-order valence-electron chi connectivity index (χ0n) is 9.99. The number of aromatic nitrogens is 1. The van der Waals surface area contributed by atoms with Crippen LogP contribution in [0.2, 0.25) is 0 Å². The van der Waals surface area contributed by atoms with E-state index in [1.807, 2.05) is 12.2 Å². The summed E-state index contributed by atoms with van der Waals surface area (Å²) in [7, 11) is 0. The molecule has 0 amide bonds. The normalized spacial score (nSPS) is 18.9. The number of H-pyrrole nitrogens is 1. The molecule has 1 aliphatic rings. The van der Waals surface area contributed by atoms with Gasteiger partial charge in [-0.3, -0.25) is 0 Å². The third-order valence-corrected chi connectivity index (χ3v) is 3.78. The quantitative estimate of drug-likeness (QED) is 0.801. The van der Waals surface area contributed by atoms with E-state index in [4.69, 9.17) is 0 Å². The molecular formula is C13H16F3N. The highest BCUT2D eigenvalue weighted by Crippen LogP contribution is 2.46. The summed E-state index contributed by atoms with van der Waals surface area (Å²) in [6.07, 6.45) is 2.79. The highest BCUT2D eigenvalue weighted by Gasteiger charge is 2.52. The molecule has 2 rings (SSSR count). The van der Waals surface area contributed by atoms with Crippen molar-refractivity contribution < 1.29 is 13.2 Å². The second-order valence-corrected chi connectivity index (χ2v) is 4.72. The van der Waals surface area contributed by atoms with Crippen molar-refractivity contribution in [3.8, 4) is 0 Å². The summed E-state index contributed by atoms with van der Waals surface area (Å²) < 4.78 is 39.6. The first-order valence-electron chi connectivity index (χ1n) is 5.84. The van der Waals surface area contributed by atoms with Crippen LogP contribution in [0, 0.1) is 0 Å². The maximum Gasteiger partial charge on any atom is 0.398 e. The maximum atomic E-state index is 13.2. The molecule has 1 heterocycles. The Hall–Kier alpha value is -1.19. The second-order valence-electron chi connectivity index (χ2n) is 4.72. The van der Waals surface area contributed by atoms with Crippen LogP contribution in [0.4, 0.5) is 13.2 Å². The van der Waals surface area contributed by atoms with Gasteiger partial charge in [-0.05, 0) is 37.3 Å². The lowest BCUT2D eigenvalue weighted by atomic mass is 9.77. The Morgan fingerprint density at radius 2 is 2.06 bits per heavy atom. The number of alkyl halides is 3. The third-order valence-electron chi connectivity index (χ3n) is 3.78. The zero-order valence-corrected chi connectivity index (χ0v) is 9.99. The molecule has 1 unspecified atom stereocenters. The van der Waals surface area contributed by atoms with Crippen LogP contribution in [0.3, 0.4) is 0 Å². The molecule has 94 valence electrons. The minimum atomic E-state index is -4.22. The van der Waals surface area contributed by atoms with Gasteiger partial charge in [-0.25, -0.2) is 0 Å². The van der Waals surface area contributed by atoms with Gasteiger partial charge in [0.2, 0.25) is 0 Å². The number of hydrogen-bond donors (Lipinski definition) is 1. The minimum absolute atomic E-state index is 0.0502. The summed E-state index contributed by atoms with van der Waals surface area (Å²) in [5, 5.41) is 0. The number of nitrogens with one attached hydrogen (secondary N) is 1. The lowest BCUT2D eigenvalue weighted by Gasteiger charge is -2.31. The standard InChI is InChI=1S/C13H16F3N/c1-3-12(2,13(14,15)16)10-8-17-11-7-5-4-6-9(10)11/h4,6,8,17H,3,5,7H2,1-2H3. The van der Waals surface area contributed by atoms with Crippen LogP contribution < -0.4 is 0 Å². The third kappa shape index (κ3) is 1.79. The van der Waals surface area contributed by atoms with Crippen molar-refractivity contribution in [2.75, 3.05) is 0 Å². The van der Waals surface area contributed by atoms with E-state index in [9.17, 15) is 13.2 Å². The molecule has 1 aromatic rings. The van der Waals surface area contributed by atoms with Crippen LogP contribution in [0.5, 0.6) is 0 Å². The van der Waals surface area contributed by atoms with Gasteiger partial charge in [-0.2, -0.15) is 13.2 Å². The Bertz CT molecular complexity index is 442. The highest BCUT2D eigenvalue weighted by atomic mass is 19.4. The van der Waals surface area contributed by atoms with Gasteiger partial charge in [-0.1, -0.05) is 19.1 Å². The van der Waals surface area contributed by atoms with Crippen LogP contribution in [0.15, 0.2) is 12.3 Å². The van der Waals surface area contributed by atoms with Crippen LogP contribution in [-0.2, 0) is 11.8 Å². The predicted molar refractivity (Wildman–Crippen MR) is 61.8 cm³/mol. The smallest absolute Gasteiger partial charge is 0.364 e. The van der Waals surface area contributed by atoms with Crippen molar-refractivity contribution in [1.29, 1.82) is 0 Å². The molecule has 0 spiro atoms. The molecule has 0 saturated carbocycles. The van der Waals surface area contributed by atoms with Gasteiger partial charge in [-0.15, -0.1) is 0 Å². The van der Waals surface area contributed by atoms with Gasteiger partial charge in [0.05, 0.1) is 5.41 Å². The van der Waals surface area contributed by atoms with Crippen LogP contribution in [0.25, 0.3) is 6.08 Å². The molecule has 1 aromatic heterocycles. The van der Waals surface area contributed by atoms with Crippen LogP contribution >= 0.6 is 0 Å². The number of rotatable bonds is 2. The number of hydrogen-bond acceptors (Lipinski definition) is 0. The fourth-order valence-corrected chi connectivity index (χ4v) is 2.30. The highest BCUT2D eigenvalue weighted by molar-refractivity contribution is 5.61. The predicted octanol–water partition coefficient (Wildman–Crippen LogP) is 4.20. The number of aryl methyl sites for hydroxylation is 1. The number of allylic oxidation sites excluding steroid dienone is 1. The van der Waals surface area contributed by atoms with Crippen molar-refractivity contribution in [3.05, 3.63) is 29.1 Å². The summed E-state index contributed by atoms with van der Waals surface area (Å²) in [6, 6.07) is 0. The van der Waals surface area contributed by atoms with Crippen molar-refractivity contribution in [1.82, 2.24) is 4.98 Å². The fraction of sp³-hybridized carbons (Fsp3) is 0.538. The second kappa shape index (κ2) is 3.93. The monoisotopic (exact) mass is 243 g/mol. The first kappa shape index (κ1) is 12.3. The minimum Gasteiger partial charge on any atom is -0.364 e. The summed E-state index contributed by atoms with van der Waals surface area (Å²) >= 11 is 0. The lowest BCUT2D eigenvalue weighted by Crippen LogP contribution is -2.39. The van der Waals surface area contributed by atoms with Gasteiger partial charge in [0.1, 0.15) is 0 Å². The van der Waals surface area contributed by atoms with Crippen molar-refractivity contribution in [2.45, 2.75) is 44.7 Å². The van der Waals surface area contributed by atoms with E-state index < -0.39 is 11.6 Å². The molecule has 0 radical (unpaired) electrons. The average Bonchev–Trinajstić information content (AvgIpc) is 2.70. The van der Waals surface area contributed by atoms with Crippen molar-refractivity contribution >= 4 is 6.08 Å². The topological polar surface area (TPSA) is 15.8 Å². The summed E-state index contributed by atoms with van der Waals surface area (Å²) in [5.74, 6) is 0. The first-order valence-corrected chi connectivity index (χ1v) is 5.84. The summed E-state index contributed by atoms with van der Waals surface area (Å²) in [6.45, 7) is 2.86. The first-order chi connectivity index (χ1) is 7.90. The van der Waals surface area contributed by atoms with Gasteiger partial charge < -0.3 is 4.98 Å². The van der Waals surface area contributed by atoms with E-state index >= 15 is 0 Å². The zero-order chi connectivity index (χ0) is 12.7. The molecule has 0 aromatic carbocycles.